The van der Waals surface area contributed by atoms with Crippen LogP contribution in [0.4, 0.5) is 11.4 Å². The fourth-order valence-electron chi connectivity index (χ4n) is 2.01. The highest BCUT2D eigenvalue weighted by Crippen LogP contribution is 2.34. The third-order valence-corrected chi connectivity index (χ3v) is 3.01. The van der Waals surface area contributed by atoms with Crippen LogP contribution in [0.5, 0.6) is 11.5 Å². The SMILES string of the molecule is CCNc1ccc(C(=O)Nc2ccc3c(c2)OCO3)nc1. The Hall–Kier alpha value is -2.76. The first-order valence-corrected chi connectivity index (χ1v) is 6.67. The van der Waals surface area contributed by atoms with E-state index in [1.807, 2.05) is 13.0 Å². The highest BCUT2D eigenvalue weighted by molar-refractivity contribution is 6.03. The van der Waals surface area contributed by atoms with Crippen LogP contribution in [-0.4, -0.2) is 24.2 Å². The lowest BCUT2D eigenvalue weighted by molar-refractivity contribution is 0.102. The molecule has 0 aliphatic carbocycles. The smallest absolute Gasteiger partial charge is 0.274 e. The number of rotatable bonds is 4. The molecule has 2 heterocycles. The van der Waals surface area contributed by atoms with Crippen LogP contribution >= 0.6 is 0 Å². The molecule has 108 valence electrons. The Kier molecular flexibility index (Phi) is 3.59. The number of pyridine rings is 1. The van der Waals surface area contributed by atoms with Crippen LogP contribution in [-0.2, 0) is 0 Å². The molecule has 1 aliphatic rings. The van der Waals surface area contributed by atoms with Crippen molar-refractivity contribution in [2.75, 3.05) is 24.0 Å². The summed E-state index contributed by atoms with van der Waals surface area (Å²) < 4.78 is 10.5. The molecule has 0 spiro atoms. The molecule has 0 saturated carbocycles. The van der Waals surface area contributed by atoms with Gasteiger partial charge in [0, 0.05) is 18.3 Å². The van der Waals surface area contributed by atoms with Crippen molar-refractivity contribution in [2.24, 2.45) is 0 Å². The quantitative estimate of drug-likeness (QED) is 0.903. The standard InChI is InChI=1S/C15H15N3O3/c1-2-16-11-3-5-12(17-8-11)15(19)18-10-4-6-13-14(7-10)21-9-20-13/h3-8,16H,2,9H2,1H3,(H,18,19). The van der Waals surface area contributed by atoms with E-state index in [2.05, 4.69) is 15.6 Å². The van der Waals surface area contributed by atoms with Gasteiger partial charge in [0.1, 0.15) is 5.69 Å². The molecule has 1 aliphatic heterocycles. The first-order valence-electron chi connectivity index (χ1n) is 6.67. The average molecular weight is 285 g/mol. The summed E-state index contributed by atoms with van der Waals surface area (Å²) in [6, 6.07) is 8.76. The molecule has 2 aromatic rings. The van der Waals surface area contributed by atoms with Crippen LogP contribution < -0.4 is 20.1 Å². The Morgan fingerprint density at radius 1 is 1.19 bits per heavy atom. The second-order valence-electron chi connectivity index (χ2n) is 4.48. The predicted molar refractivity (Wildman–Crippen MR) is 78.9 cm³/mol. The number of hydrogen-bond donors (Lipinski definition) is 2. The normalized spacial score (nSPS) is 12.0. The minimum absolute atomic E-state index is 0.209. The Bertz CT molecular complexity index is 656. The van der Waals surface area contributed by atoms with Gasteiger partial charge in [-0.05, 0) is 31.2 Å². The van der Waals surface area contributed by atoms with Crippen LogP contribution in [0.1, 0.15) is 17.4 Å². The lowest BCUT2D eigenvalue weighted by atomic mass is 10.2. The highest BCUT2D eigenvalue weighted by atomic mass is 16.7. The predicted octanol–water partition coefficient (Wildman–Crippen LogP) is 2.49. The molecular weight excluding hydrogens is 270 g/mol. The van der Waals surface area contributed by atoms with Gasteiger partial charge in [-0.15, -0.1) is 0 Å². The van der Waals surface area contributed by atoms with Crippen LogP contribution in [0.25, 0.3) is 0 Å². The number of fused-ring (bicyclic) bond motifs is 1. The van der Waals surface area contributed by atoms with Crippen molar-refractivity contribution in [1.29, 1.82) is 0 Å². The second kappa shape index (κ2) is 5.70. The van der Waals surface area contributed by atoms with E-state index in [9.17, 15) is 4.79 Å². The van der Waals surface area contributed by atoms with Gasteiger partial charge in [0.15, 0.2) is 11.5 Å². The minimum Gasteiger partial charge on any atom is -0.454 e. The second-order valence-corrected chi connectivity index (χ2v) is 4.48. The van der Waals surface area contributed by atoms with Gasteiger partial charge in [-0.2, -0.15) is 0 Å². The summed E-state index contributed by atoms with van der Waals surface area (Å²) >= 11 is 0. The zero-order valence-corrected chi connectivity index (χ0v) is 11.6. The number of carbonyl (C=O) groups excluding carboxylic acids is 1. The van der Waals surface area contributed by atoms with Gasteiger partial charge in [-0.25, -0.2) is 4.98 Å². The van der Waals surface area contributed by atoms with E-state index in [4.69, 9.17) is 9.47 Å². The molecule has 3 rings (SSSR count). The van der Waals surface area contributed by atoms with E-state index in [1.165, 1.54) is 0 Å². The number of ether oxygens (including phenoxy) is 2. The van der Waals surface area contributed by atoms with Crippen molar-refractivity contribution in [2.45, 2.75) is 6.92 Å². The zero-order chi connectivity index (χ0) is 14.7. The molecule has 0 saturated heterocycles. The van der Waals surface area contributed by atoms with Gasteiger partial charge in [-0.3, -0.25) is 4.79 Å². The molecule has 0 bridgehead atoms. The Labute approximate surface area is 122 Å². The lowest BCUT2D eigenvalue weighted by Crippen LogP contribution is -2.13. The first kappa shape index (κ1) is 13.2. The number of aromatic nitrogens is 1. The summed E-state index contributed by atoms with van der Waals surface area (Å²) in [5, 5.41) is 5.91. The number of benzene rings is 1. The van der Waals surface area contributed by atoms with E-state index in [1.54, 1.807) is 30.5 Å². The third kappa shape index (κ3) is 2.89. The lowest BCUT2D eigenvalue weighted by Gasteiger charge is -2.07. The monoisotopic (exact) mass is 285 g/mol. The minimum atomic E-state index is -0.267. The summed E-state index contributed by atoms with van der Waals surface area (Å²) in [5.74, 6) is 1.04. The van der Waals surface area contributed by atoms with E-state index >= 15 is 0 Å². The van der Waals surface area contributed by atoms with Gasteiger partial charge in [-0.1, -0.05) is 0 Å². The molecule has 1 aromatic carbocycles. The number of amides is 1. The molecular formula is C15H15N3O3. The van der Waals surface area contributed by atoms with Crippen molar-refractivity contribution in [1.82, 2.24) is 4.98 Å². The maximum atomic E-state index is 12.1. The average Bonchev–Trinajstić information content (AvgIpc) is 2.96. The van der Waals surface area contributed by atoms with Crippen molar-refractivity contribution in [3.63, 3.8) is 0 Å². The summed E-state index contributed by atoms with van der Waals surface area (Å²) in [5.41, 5.74) is 1.88. The number of nitrogens with zero attached hydrogens (tertiary/aromatic N) is 1. The fraction of sp³-hybridized carbons (Fsp3) is 0.200. The Morgan fingerprint density at radius 2 is 2.00 bits per heavy atom. The third-order valence-electron chi connectivity index (χ3n) is 3.01. The fourth-order valence-corrected chi connectivity index (χ4v) is 2.01. The van der Waals surface area contributed by atoms with E-state index in [0.717, 1.165) is 12.2 Å². The zero-order valence-electron chi connectivity index (χ0n) is 11.6. The molecule has 0 atom stereocenters. The number of hydrogen-bond acceptors (Lipinski definition) is 5. The Morgan fingerprint density at radius 3 is 2.76 bits per heavy atom. The maximum Gasteiger partial charge on any atom is 0.274 e. The van der Waals surface area contributed by atoms with Gasteiger partial charge in [0.05, 0.1) is 11.9 Å². The Balaban J connectivity index is 1.71. The van der Waals surface area contributed by atoms with Crippen LogP contribution in [0, 0.1) is 0 Å². The van der Waals surface area contributed by atoms with E-state index < -0.39 is 0 Å². The molecule has 0 radical (unpaired) electrons. The molecule has 6 heteroatoms. The van der Waals surface area contributed by atoms with Crippen molar-refractivity contribution < 1.29 is 14.3 Å². The molecule has 2 N–H and O–H groups in total. The van der Waals surface area contributed by atoms with Gasteiger partial charge in [0.25, 0.3) is 5.91 Å². The van der Waals surface area contributed by atoms with Crippen molar-refractivity contribution in [3.05, 3.63) is 42.2 Å². The molecule has 0 unspecified atom stereocenters. The molecule has 1 amide bonds. The van der Waals surface area contributed by atoms with Crippen LogP contribution in [0.2, 0.25) is 0 Å². The largest absolute Gasteiger partial charge is 0.454 e. The number of anilines is 2. The number of carbonyl (C=O) groups is 1. The summed E-state index contributed by atoms with van der Waals surface area (Å²) in [6.07, 6.45) is 1.64. The summed E-state index contributed by atoms with van der Waals surface area (Å²) in [7, 11) is 0. The molecule has 6 nitrogen and oxygen atoms in total. The topological polar surface area (TPSA) is 72.5 Å². The van der Waals surface area contributed by atoms with E-state index in [-0.39, 0.29) is 12.7 Å². The first-order chi connectivity index (χ1) is 10.3. The van der Waals surface area contributed by atoms with Crippen LogP contribution in [0.3, 0.4) is 0 Å². The summed E-state index contributed by atoms with van der Waals surface area (Å²) in [4.78, 5) is 16.3. The van der Waals surface area contributed by atoms with Gasteiger partial charge in [0.2, 0.25) is 6.79 Å². The van der Waals surface area contributed by atoms with E-state index in [0.29, 0.717) is 22.9 Å². The van der Waals surface area contributed by atoms with Crippen LogP contribution in [0.15, 0.2) is 36.5 Å². The maximum absolute atomic E-state index is 12.1. The van der Waals surface area contributed by atoms with Gasteiger partial charge < -0.3 is 20.1 Å². The van der Waals surface area contributed by atoms with Crippen molar-refractivity contribution in [3.8, 4) is 11.5 Å². The number of nitrogens with one attached hydrogen (secondary N) is 2. The molecule has 1 aromatic heterocycles. The molecule has 21 heavy (non-hydrogen) atoms. The van der Waals surface area contributed by atoms with Gasteiger partial charge >= 0.3 is 0 Å². The molecule has 0 fully saturated rings. The highest BCUT2D eigenvalue weighted by Gasteiger charge is 2.15. The summed E-state index contributed by atoms with van der Waals surface area (Å²) in [6.45, 7) is 3.02. The van der Waals surface area contributed by atoms with Crippen molar-refractivity contribution >= 4 is 17.3 Å².